The molecule has 5 heteroatoms. The molecule has 0 saturated carbocycles. The lowest BCUT2D eigenvalue weighted by Crippen LogP contribution is -2.29. The maximum absolute atomic E-state index is 12.3. The summed E-state index contributed by atoms with van der Waals surface area (Å²) >= 11 is 6.01. The molecule has 1 amide bonds. The summed E-state index contributed by atoms with van der Waals surface area (Å²) in [6.45, 7) is 4.46. The van der Waals surface area contributed by atoms with Gasteiger partial charge in [0, 0.05) is 23.7 Å². The summed E-state index contributed by atoms with van der Waals surface area (Å²) in [6.07, 6.45) is 0. The van der Waals surface area contributed by atoms with Crippen LogP contribution in [0.15, 0.2) is 18.2 Å². The molecule has 102 valence electrons. The Bertz CT molecular complexity index is 529. The zero-order valence-electron chi connectivity index (χ0n) is 10.9. The van der Waals surface area contributed by atoms with Gasteiger partial charge in [0.2, 0.25) is 0 Å². The van der Waals surface area contributed by atoms with Gasteiger partial charge in [0.1, 0.15) is 0 Å². The first kappa shape index (κ1) is 13.9. The lowest BCUT2D eigenvalue weighted by molar-refractivity contribution is -0.142. The van der Waals surface area contributed by atoms with Crippen molar-refractivity contribution in [3.8, 4) is 0 Å². The molecule has 0 aromatic heterocycles. The molecule has 0 bridgehead atoms. The summed E-state index contributed by atoms with van der Waals surface area (Å²) in [5.41, 5.74) is 1.42. The first-order chi connectivity index (χ1) is 8.90. The third-order valence-corrected chi connectivity index (χ3v) is 4.04. The molecular weight excluding hydrogens is 266 g/mol. The topological polar surface area (TPSA) is 57.6 Å². The van der Waals surface area contributed by atoms with E-state index in [4.69, 9.17) is 16.7 Å². The third-order valence-electron chi connectivity index (χ3n) is 3.64. The van der Waals surface area contributed by atoms with Crippen molar-refractivity contribution in [2.75, 3.05) is 13.1 Å². The average molecular weight is 282 g/mol. The predicted molar refractivity (Wildman–Crippen MR) is 72.4 cm³/mol. The zero-order valence-corrected chi connectivity index (χ0v) is 11.6. The number of benzene rings is 1. The minimum absolute atomic E-state index is 0.0256. The van der Waals surface area contributed by atoms with Crippen LogP contribution in [0.4, 0.5) is 0 Å². The molecule has 4 nitrogen and oxygen atoms in total. The zero-order chi connectivity index (χ0) is 14.2. The van der Waals surface area contributed by atoms with Crippen molar-refractivity contribution in [2.45, 2.75) is 13.8 Å². The first-order valence-electron chi connectivity index (χ1n) is 6.18. The van der Waals surface area contributed by atoms with Gasteiger partial charge >= 0.3 is 5.97 Å². The third kappa shape index (κ3) is 2.73. The minimum Gasteiger partial charge on any atom is -0.481 e. The summed E-state index contributed by atoms with van der Waals surface area (Å²) in [5, 5.41) is 9.62. The van der Waals surface area contributed by atoms with Gasteiger partial charge in [0.25, 0.3) is 5.91 Å². The fourth-order valence-corrected chi connectivity index (χ4v) is 2.54. The molecule has 1 aromatic rings. The second kappa shape index (κ2) is 5.21. The number of aliphatic carboxylic acids is 1. The number of likely N-dealkylation sites (tertiary alicyclic amines) is 1. The van der Waals surface area contributed by atoms with Crippen LogP contribution in [-0.4, -0.2) is 35.0 Å². The van der Waals surface area contributed by atoms with Crippen molar-refractivity contribution < 1.29 is 14.7 Å². The van der Waals surface area contributed by atoms with E-state index in [9.17, 15) is 9.59 Å². The molecule has 1 aliphatic rings. The van der Waals surface area contributed by atoms with E-state index in [1.807, 2.05) is 13.8 Å². The number of amides is 1. The van der Waals surface area contributed by atoms with Gasteiger partial charge in [-0.25, -0.2) is 0 Å². The lowest BCUT2D eigenvalue weighted by Gasteiger charge is -2.16. The summed E-state index contributed by atoms with van der Waals surface area (Å²) in [6, 6.07) is 5.16. The maximum atomic E-state index is 12.3. The van der Waals surface area contributed by atoms with E-state index in [1.54, 1.807) is 23.1 Å². The van der Waals surface area contributed by atoms with Crippen molar-refractivity contribution in [1.29, 1.82) is 0 Å². The smallest absolute Gasteiger partial charge is 0.308 e. The number of carbonyl (C=O) groups excluding carboxylic acids is 1. The highest BCUT2D eigenvalue weighted by Gasteiger charge is 2.37. The number of carboxylic acid groups (broad SMARTS) is 1. The summed E-state index contributed by atoms with van der Waals surface area (Å²) in [4.78, 5) is 24.9. The number of rotatable bonds is 2. The van der Waals surface area contributed by atoms with E-state index in [0.29, 0.717) is 17.1 Å². The van der Waals surface area contributed by atoms with E-state index in [1.165, 1.54) is 0 Å². The van der Waals surface area contributed by atoms with E-state index in [0.717, 1.165) is 5.56 Å². The van der Waals surface area contributed by atoms with Gasteiger partial charge in [-0.05, 0) is 30.5 Å². The Morgan fingerprint density at radius 3 is 2.58 bits per heavy atom. The molecule has 0 spiro atoms. The Morgan fingerprint density at radius 2 is 2.05 bits per heavy atom. The number of halogens is 1. The van der Waals surface area contributed by atoms with Crippen LogP contribution in [0.25, 0.3) is 0 Å². The van der Waals surface area contributed by atoms with Crippen LogP contribution in [0.1, 0.15) is 22.8 Å². The van der Waals surface area contributed by atoms with Crippen molar-refractivity contribution in [2.24, 2.45) is 11.8 Å². The lowest BCUT2D eigenvalue weighted by atomic mass is 9.99. The van der Waals surface area contributed by atoms with Crippen LogP contribution in [0.3, 0.4) is 0 Å². The Labute approximate surface area is 117 Å². The Hall–Kier alpha value is -1.55. The molecule has 1 heterocycles. The minimum atomic E-state index is -0.843. The summed E-state index contributed by atoms with van der Waals surface area (Å²) in [7, 11) is 0. The molecule has 1 aromatic carbocycles. The number of nitrogens with zero attached hydrogens (tertiary/aromatic N) is 1. The first-order valence-corrected chi connectivity index (χ1v) is 6.56. The van der Waals surface area contributed by atoms with Crippen LogP contribution in [0.5, 0.6) is 0 Å². The molecule has 2 unspecified atom stereocenters. The van der Waals surface area contributed by atoms with Gasteiger partial charge in [-0.3, -0.25) is 9.59 Å². The van der Waals surface area contributed by atoms with Crippen molar-refractivity contribution in [3.05, 3.63) is 34.3 Å². The number of hydrogen-bond acceptors (Lipinski definition) is 2. The Kier molecular flexibility index (Phi) is 3.80. The number of carbonyl (C=O) groups is 2. The van der Waals surface area contributed by atoms with Crippen LogP contribution >= 0.6 is 11.6 Å². The van der Waals surface area contributed by atoms with Gasteiger partial charge < -0.3 is 10.0 Å². The quantitative estimate of drug-likeness (QED) is 0.906. The van der Waals surface area contributed by atoms with Crippen molar-refractivity contribution in [1.82, 2.24) is 4.90 Å². The van der Waals surface area contributed by atoms with Gasteiger partial charge in [-0.1, -0.05) is 24.6 Å². The molecule has 0 aliphatic carbocycles. The highest BCUT2D eigenvalue weighted by atomic mass is 35.5. The summed E-state index contributed by atoms with van der Waals surface area (Å²) in [5.74, 6) is -1.51. The number of carboxylic acids is 1. The largest absolute Gasteiger partial charge is 0.481 e. The molecule has 1 aliphatic heterocycles. The fraction of sp³-hybridized carbons (Fsp3) is 0.429. The van der Waals surface area contributed by atoms with Gasteiger partial charge in [0.05, 0.1) is 5.92 Å². The summed E-state index contributed by atoms with van der Waals surface area (Å²) < 4.78 is 0. The molecule has 1 N–H and O–H groups in total. The van der Waals surface area contributed by atoms with Crippen LogP contribution in [0, 0.1) is 18.8 Å². The van der Waals surface area contributed by atoms with Crippen molar-refractivity contribution in [3.63, 3.8) is 0 Å². The standard InChI is InChI=1S/C14H16ClNO3/c1-8-3-4-10(5-12(8)15)13(17)16-6-9(2)11(7-16)14(18)19/h3-5,9,11H,6-7H2,1-2H3,(H,18,19). The molecule has 2 atom stereocenters. The normalized spacial score (nSPS) is 22.6. The van der Waals surface area contributed by atoms with Crippen LogP contribution in [-0.2, 0) is 4.79 Å². The van der Waals surface area contributed by atoms with Gasteiger partial charge in [-0.15, -0.1) is 0 Å². The number of aryl methyl sites for hydroxylation is 1. The second-order valence-electron chi connectivity index (χ2n) is 5.10. The van der Waals surface area contributed by atoms with E-state index >= 15 is 0 Å². The van der Waals surface area contributed by atoms with E-state index < -0.39 is 11.9 Å². The second-order valence-corrected chi connectivity index (χ2v) is 5.50. The fourth-order valence-electron chi connectivity index (χ4n) is 2.36. The van der Waals surface area contributed by atoms with Gasteiger partial charge in [-0.2, -0.15) is 0 Å². The number of hydrogen-bond donors (Lipinski definition) is 1. The molecule has 1 fully saturated rings. The molecule has 0 radical (unpaired) electrons. The SMILES string of the molecule is Cc1ccc(C(=O)N2CC(C)C(C(=O)O)C2)cc1Cl. The van der Waals surface area contributed by atoms with Crippen molar-refractivity contribution >= 4 is 23.5 Å². The molecule has 1 saturated heterocycles. The highest BCUT2D eigenvalue weighted by Crippen LogP contribution is 2.25. The van der Waals surface area contributed by atoms with Gasteiger partial charge in [0.15, 0.2) is 0 Å². The average Bonchev–Trinajstić information content (AvgIpc) is 2.74. The monoisotopic (exact) mass is 281 g/mol. The predicted octanol–water partition coefficient (Wildman–Crippen LogP) is 2.44. The molecule has 19 heavy (non-hydrogen) atoms. The molecular formula is C14H16ClNO3. The van der Waals surface area contributed by atoms with E-state index in [-0.39, 0.29) is 18.4 Å². The van der Waals surface area contributed by atoms with E-state index in [2.05, 4.69) is 0 Å². The molecule has 2 rings (SSSR count). The van der Waals surface area contributed by atoms with Crippen LogP contribution in [0.2, 0.25) is 5.02 Å². The Morgan fingerprint density at radius 1 is 1.37 bits per heavy atom. The van der Waals surface area contributed by atoms with Crippen LogP contribution < -0.4 is 0 Å². The maximum Gasteiger partial charge on any atom is 0.308 e. The Balaban J connectivity index is 2.17. The highest BCUT2D eigenvalue weighted by molar-refractivity contribution is 6.31.